The molecule has 1 N–H and O–H groups in total. The van der Waals surface area contributed by atoms with Crippen LogP contribution in [0.5, 0.6) is 0 Å². The molecule has 0 aliphatic heterocycles. The van der Waals surface area contributed by atoms with Crippen molar-refractivity contribution < 1.29 is 49.6 Å². The number of hydrogen-bond donors (Lipinski definition) is 1. The van der Waals surface area contributed by atoms with Gasteiger partial charge in [0.15, 0.2) is 0 Å². The summed E-state index contributed by atoms with van der Waals surface area (Å²) in [7, 11) is -2.41. The van der Waals surface area contributed by atoms with E-state index in [1.807, 2.05) is 5.32 Å². The van der Waals surface area contributed by atoms with Gasteiger partial charge in [-0.15, -0.1) is 0 Å². The molecular formula is C17H10F7N3O6S2. The van der Waals surface area contributed by atoms with Crippen LogP contribution in [0.15, 0.2) is 52.3 Å². The number of nitrogens with one attached hydrogen (secondary N) is 1. The zero-order valence-corrected chi connectivity index (χ0v) is 18.2. The third kappa shape index (κ3) is 6.44. The number of nitro benzene ring substituents is 2. The Hall–Kier alpha value is -3.28. The molecule has 190 valence electrons. The summed E-state index contributed by atoms with van der Waals surface area (Å²) < 4.78 is 103. The summed E-state index contributed by atoms with van der Waals surface area (Å²) in [6.45, 7) is 0. The van der Waals surface area contributed by atoms with Crippen molar-refractivity contribution in [2.45, 2.75) is 27.1 Å². The van der Waals surface area contributed by atoms with Gasteiger partial charge in [0.1, 0.15) is 10.6 Å². The van der Waals surface area contributed by atoms with Crippen LogP contribution in [0, 0.1) is 20.2 Å². The predicted octanol–water partition coefficient (Wildman–Crippen LogP) is 5.13. The lowest BCUT2D eigenvalue weighted by molar-refractivity contribution is -0.396. The maximum atomic E-state index is 13.6. The van der Waals surface area contributed by atoms with Gasteiger partial charge in [0.2, 0.25) is 5.91 Å². The first-order chi connectivity index (χ1) is 16.0. The van der Waals surface area contributed by atoms with Crippen LogP contribution in [0.25, 0.3) is 0 Å². The quantitative estimate of drug-likeness (QED) is 0.198. The Morgan fingerprint density at radius 2 is 1.60 bits per heavy atom. The number of alkyl halides is 7. The lowest BCUT2D eigenvalue weighted by Gasteiger charge is -2.27. The number of non-ortho nitro benzene ring substituents is 1. The minimum Gasteiger partial charge on any atom is -0.325 e. The van der Waals surface area contributed by atoms with Crippen molar-refractivity contribution in [1.29, 1.82) is 0 Å². The molecule has 1 amide bonds. The molecule has 0 heterocycles. The van der Waals surface area contributed by atoms with Gasteiger partial charge in [-0.2, -0.15) is 30.7 Å². The summed E-state index contributed by atoms with van der Waals surface area (Å²) in [5, 5.41) is 18.3. The minimum absolute atomic E-state index is 0.346. The first-order valence-corrected chi connectivity index (χ1v) is 10.8. The second-order valence-corrected chi connectivity index (χ2v) is 9.03. The number of benzene rings is 2. The summed E-state index contributed by atoms with van der Waals surface area (Å²) in [4.78, 5) is 30.7. The summed E-state index contributed by atoms with van der Waals surface area (Å²) in [6.07, 6.45) is -6.53. The standard InChI is InChI=1S/C17H10F7N3O6S2/c18-15(19,16(20,21)22)17(23,24)34-11-3-1-2-9(6-11)25-14(28)8-35(33)13-5-4-10(26(29)30)7-12(13)27(31)32/h1-7H,8H2,(H,25,28). The van der Waals surface area contributed by atoms with E-state index in [9.17, 15) is 60.0 Å². The van der Waals surface area contributed by atoms with Crippen LogP contribution in [-0.2, 0) is 15.6 Å². The number of nitrogens with zero attached hydrogens (tertiary/aromatic N) is 2. The van der Waals surface area contributed by atoms with E-state index in [4.69, 9.17) is 0 Å². The number of rotatable bonds is 9. The molecule has 1 unspecified atom stereocenters. The lowest BCUT2D eigenvalue weighted by Crippen LogP contribution is -2.49. The topological polar surface area (TPSA) is 132 Å². The summed E-state index contributed by atoms with van der Waals surface area (Å²) >= 11 is -1.10. The van der Waals surface area contributed by atoms with Crippen LogP contribution in [0.1, 0.15) is 0 Å². The fourth-order valence-corrected chi connectivity index (χ4v) is 4.29. The highest BCUT2D eigenvalue weighted by atomic mass is 32.2. The van der Waals surface area contributed by atoms with Gasteiger partial charge in [0, 0.05) is 16.6 Å². The average molecular weight is 549 g/mol. The summed E-state index contributed by atoms with van der Waals surface area (Å²) in [5.74, 6) is -8.41. The largest absolute Gasteiger partial charge is 0.460 e. The fourth-order valence-electron chi connectivity index (χ4n) is 2.36. The van der Waals surface area contributed by atoms with Crippen LogP contribution in [-0.4, -0.2) is 43.1 Å². The van der Waals surface area contributed by atoms with Crippen LogP contribution in [0.2, 0.25) is 0 Å². The van der Waals surface area contributed by atoms with Gasteiger partial charge in [-0.25, -0.2) is 0 Å². The van der Waals surface area contributed by atoms with Crippen LogP contribution >= 0.6 is 11.8 Å². The van der Waals surface area contributed by atoms with E-state index >= 15 is 0 Å². The van der Waals surface area contributed by atoms with Crippen molar-refractivity contribution in [3.05, 3.63) is 62.7 Å². The van der Waals surface area contributed by atoms with Gasteiger partial charge in [-0.05, 0) is 36.0 Å². The monoisotopic (exact) mass is 549 g/mol. The first kappa shape index (κ1) is 28.0. The fraction of sp³-hybridized carbons (Fsp3) is 0.235. The predicted molar refractivity (Wildman–Crippen MR) is 108 cm³/mol. The number of halogens is 7. The van der Waals surface area contributed by atoms with E-state index < -0.39 is 82.6 Å². The third-order valence-electron chi connectivity index (χ3n) is 3.94. The average Bonchev–Trinajstić information content (AvgIpc) is 2.71. The van der Waals surface area contributed by atoms with Crippen molar-refractivity contribution in [2.75, 3.05) is 11.1 Å². The van der Waals surface area contributed by atoms with Gasteiger partial charge in [-0.1, -0.05) is 6.07 Å². The molecule has 18 heteroatoms. The van der Waals surface area contributed by atoms with Gasteiger partial charge in [-0.3, -0.25) is 29.2 Å². The number of carbonyl (C=O) groups is 1. The van der Waals surface area contributed by atoms with Crippen LogP contribution < -0.4 is 5.32 Å². The highest BCUT2D eigenvalue weighted by Gasteiger charge is 2.73. The van der Waals surface area contributed by atoms with E-state index in [0.29, 0.717) is 12.1 Å². The smallest absolute Gasteiger partial charge is 0.325 e. The molecule has 0 aliphatic rings. The normalized spacial score (nSPS) is 13.2. The summed E-state index contributed by atoms with van der Waals surface area (Å²) in [6, 6.07) is 5.59. The van der Waals surface area contributed by atoms with Crippen molar-refractivity contribution in [3.63, 3.8) is 0 Å². The van der Waals surface area contributed by atoms with E-state index in [2.05, 4.69) is 0 Å². The Labute approximate surface area is 196 Å². The molecule has 2 aromatic rings. The van der Waals surface area contributed by atoms with Gasteiger partial charge in [0.05, 0.1) is 26.7 Å². The number of carbonyl (C=O) groups excluding carboxylic acids is 1. The Balaban J connectivity index is 2.17. The van der Waals surface area contributed by atoms with Crippen molar-refractivity contribution in [1.82, 2.24) is 0 Å². The highest BCUT2D eigenvalue weighted by molar-refractivity contribution is 8.00. The molecule has 0 saturated heterocycles. The zero-order chi connectivity index (χ0) is 26.8. The molecule has 0 saturated carbocycles. The Bertz CT molecular complexity index is 1190. The van der Waals surface area contributed by atoms with Crippen molar-refractivity contribution in [3.8, 4) is 0 Å². The molecule has 0 spiro atoms. The molecule has 1 atom stereocenters. The van der Waals surface area contributed by atoms with Crippen LogP contribution in [0.3, 0.4) is 0 Å². The third-order valence-corrected chi connectivity index (χ3v) is 6.31. The molecule has 35 heavy (non-hydrogen) atoms. The SMILES string of the molecule is O=C(CS(=O)c1ccc([N+](=O)[O-])cc1[N+](=O)[O-])Nc1cccc(SC(F)(F)C(F)(F)C(F)(F)F)c1. The number of hydrogen-bond acceptors (Lipinski definition) is 7. The van der Waals surface area contributed by atoms with E-state index in [1.165, 1.54) is 0 Å². The zero-order valence-electron chi connectivity index (χ0n) is 16.6. The van der Waals surface area contributed by atoms with E-state index in [-0.39, 0.29) is 5.69 Å². The Morgan fingerprint density at radius 3 is 2.14 bits per heavy atom. The number of nitro groups is 2. The van der Waals surface area contributed by atoms with Gasteiger partial charge >= 0.3 is 17.4 Å². The van der Waals surface area contributed by atoms with E-state index in [0.717, 1.165) is 30.3 Å². The molecule has 0 aromatic heterocycles. The first-order valence-electron chi connectivity index (χ1n) is 8.69. The second kappa shape index (κ2) is 10.1. The molecule has 2 rings (SSSR count). The minimum atomic E-state index is -6.53. The molecule has 0 aliphatic carbocycles. The van der Waals surface area contributed by atoms with Gasteiger partial charge < -0.3 is 5.32 Å². The maximum Gasteiger partial charge on any atom is 0.460 e. The molecule has 0 fully saturated rings. The Kier molecular flexibility index (Phi) is 8.10. The number of anilines is 1. The highest BCUT2D eigenvalue weighted by Crippen LogP contribution is 2.53. The van der Waals surface area contributed by atoms with Gasteiger partial charge in [0.25, 0.3) is 11.4 Å². The second-order valence-electron chi connectivity index (χ2n) is 6.42. The van der Waals surface area contributed by atoms with Crippen LogP contribution in [0.4, 0.5) is 47.8 Å². The van der Waals surface area contributed by atoms with E-state index in [1.54, 1.807) is 0 Å². The van der Waals surface area contributed by atoms with Crippen molar-refractivity contribution >= 4 is 45.5 Å². The molecule has 0 bridgehead atoms. The molecule has 9 nitrogen and oxygen atoms in total. The molecule has 0 radical (unpaired) electrons. The van der Waals surface area contributed by atoms with Crippen molar-refractivity contribution in [2.24, 2.45) is 0 Å². The number of amides is 1. The lowest BCUT2D eigenvalue weighted by atomic mass is 10.3. The summed E-state index contributed by atoms with van der Waals surface area (Å²) in [5.41, 5.74) is -1.93. The maximum absolute atomic E-state index is 13.6. The molecular weight excluding hydrogens is 539 g/mol. The number of thioether (sulfide) groups is 1. The molecule has 2 aromatic carbocycles. The Morgan fingerprint density at radius 1 is 0.971 bits per heavy atom.